The van der Waals surface area contributed by atoms with Gasteiger partial charge in [-0.3, -0.25) is 5.41 Å². The molecule has 4 nitrogen and oxygen atoms in total. The number of carbonyl (C=O) groups excluding carboxylic acids is 1. The highest BCUT2D eigenvalue weighted by Crippen LogP contribution is 2.27. The standard InChI is InChI=1S/C14H14ClF2NO3S/c1-3-21-14(20)11(13(18)22-4-2)12(19)7-5-10(17)8(15)6-9(7)16/h5-6,18-19H,3-4H2,1-2H3/b12-11-,18-13?. The molecule has 0 saturated carbocycles. The fourth-order valence-electron chi connectivity index (χ4n) is 1.56. The maximum absolute atomic E-state index is 13.9. The van der Waals surface area contributed by atoms with Crippen LogP contribution in [0.25, 0.3) is 5.76 Å². The second-order valence-electron chi connectivity index (χ2n) is 3.95. The Morgan fingerprint density at radius 3 is 2.55 bits per heavy atom. The maximum atomic E-state index is 13.9. The van der Waals surface area contributed by atoms with E-state index in [1.807, 2.05) is 0 Å². The molecule has 1 rings (SSSR count). The number of nitrogens with one attached hydrogen (secondary N) is 1. The molecular weight excluding hydrogens is 336 g/mol. The first-order valence-corrected chi connectivity index (χ1v) is 7.66. The lowest BCUT2D eigenvalue weighted by Gasteiger charge is -2.12. The lowest BCUT2D eigenvalue weighted by Crippen LogP contribution is -2.16. The number of benzene rings is 1. The molecule has 0 unspecified atom stereocenters. The zero-order valence-corrected chi connectivity index (χ0v) is 13.4. The molecule has 0 amide bonds. The Hall–Kier alpha value is -1.60. The number of thioether (sulfide) groups is 1. The number of ether oxygens (including phenoxy) is 1. The minimum absolute atomic E-state index is 0.0111. The van der Waals surface area contributed by atoms with Gasteiger partial charge in [0.05, 0.1) is 17.2 Å². The zero-order valence-electron chi connectivity index (χ0n) is 11.9. The smallest absolute Gasteiger partial charge is 0.344 e. The van der Waals surface area contributed by atoms with Crippen LogP contribution in [0.4, 0.5) is 8.78 Å². The van der Waals surface area contributed by atoms with E-state index in [0.29, 0.717) is 17.9 Å². The van der Waals surface area contributed by atoms with Gasteiger partial charge >= 0.3 is 5.97 Å². The molecule has 0 aromatic heterocycles. The van der Waals surface area contributed by atoms with E-state index in [9.17, 15) is 18.7 Å². The van der Waals surface area contributed by atoms with Crippen molar-refractivity contribution in [3.63, 3.8) is 0 Å². The van der Waals surface area contributed by atoms with Crippen molar-refractivity contribution in [2.75, 3.05) is 12.4 Å². The number of aliphatic hydroxyl groups excluding tert-OH is 1. The molecule has 0 aliphatic rings. The van der Waals surface area contributed by atoms with E-state index in [-0.39, 0.29) is 11.7 Å². The van der Waals surface area contributed by atoms with Crippen molar-refractivity contribution in [1.82, 2.24) is 0 Å². The number of halogens is 3. The fourth-order valence-corrected chi connectivity index (χ4v) is 2.32. The Morgan fingerprint density at radius 2 is 2.00 bits per heavy atom. The monoisotopic (exact) mass is 349 g/mol. The third kappa shape index (κ3) is 4.20. The molecular formula is C14H14ClF2NO3S. The number of hydrogen-bond donors (Lipinski definition) is 2. The van der Waals surface area contributed by atoms with E-state index < -0.39 is 39.5 Å². The molecule has 2 N–H and O–H groups in total. The largest absolute Gasteiger partial charge is 0.506 e. The third-order valence-corrected chi connectivity index (χ3v) is 3.57. The van der Waals surface area contributed by atoms with E-state index in [4.69, 9.17) is 21.7 Å². The van der Waals surface area contributed by atoms with Crippen LogP contribution in [-0.4, -0.2) is 28.5 Å². The number of esters is 1. The average Bonchev–Trinajstić information content (AvgIpc) is 2.43. The van der Waals surface area contributed by atoms with Crippen LogP contribution in [-0.2, 0) is 9.53 Å². The summed E-state index contributed by atoms with van der Waals surface area (Å²) >= 11 is 6.40. The van der Waals surface area contributed by atoms with Gasteiger partial charge in [0.15, 0.2) is 0 Å². The molecule has 1 aromatic carbocycles. The molecule has 0 fully saturated rings. The Balaban J connectivity index is 3.47. The summed E-state index contributed by atoms with van der Waals surface area (Å²) in [5.74, 6) is -3.37. The van der Waals surface area contributed by atoms with Crippen LogP contribution in [0.3, 0.4) is 0 Å². The molecule has 0 heterocycles. The van der Waals surface area contributed by atoms with Crippen LogP contribution in [0.5, 0.6) is 0 Å². The van der Waals surface area contributed by atoms with Gasteiger partial charge in [0.2, 0.25) is 0 Å². The predicted molar refractivity (Wildman–Crippen MR) is 83.4 cm³/mol. The topological polar surface area (TPSA) is 70.4 Å². The number of aliphatic hydroxyl groups is 1. The molecule has 0 spiro atoms. The van der Waals surface area contributed by atoms with Crippen molar-refractivity contribution >= 4 is 40.1 Å². The first-order valence-electron chi connectivity index (χ1n) is 6.30. The second kappa shape index (κ2) is 8.14. The quantitative estimate of drug-likeness (QED) is 0.209. The second-order valence-corrected chi connectivity index (χ2v) is 5.63. The summed E-state index contributed by atoms with van der Waals surface area (Å²) in [5.41, 5.74) is -1.08. The fraction of sp³-hybridized carbons (Fsp3) is 0.286. The first kappa shape index (κ1) is 18.4. The molecule has 0 radical (unpaired) electrons. The Bertz CT molecular complexity index is 615. The normalized spacial score (nSPS) is 11.9. The van der Waals surface area contributed by atoms with Crippen molar-refractivity contribution in [2.45, 2.75) is 13.8 Å². The van der Waals surface area contributed by atoms with Crippen molar-refractivity contribution in [3.05, 3.63) is 39.9 Å². The lowest BCUT2D eigenvalue weighted by molar-refractivity contribution is -0.137. The molecule has 1 aromatic rings. The summed E-state index contributed by atoms with van der Waals surface area (Å²) in [7, 11) is 0. The molecule has 22 heavy (non-hydrogen) atoms. The molecule has 120 valence electrons. The van der Waals surface area contributed by atoms with Gasteiger partial charge in [-0.2, -0.15) is 0 Å². The maximum Gasteiger partial charge on any atom is 0.344 e. The Labute approximate surface area is 135 Å². The van der Waals surface area contributed by atoms with E-state index in [1.54, 1.807) is 13.8 Å². The van der Waals surface area contributed by atoms with Gasteiger partial charge in [-0.1, -0.05) is 18.5 Å². The SMILES string of the molecule is CCOC(=O)/C(C(=N)SCC)=C(\O)c1cc(F)c(Cl)cc1F. The van der Waals surface area contributed by atoms with Crippen LogP contribution in [0.2, 0.25) is 5.02 Å². The molecule has 8 heteroatoms. The summed E-state index contributed by atoms with van der Waals surface area (Å²) in [6, 6.07) is 1.35. The third-order valence-electron chi connectivity index (χ3n) is 2.50. The van der Waals surface area contributed by atoms with E-state index in [0.717, 1.165) is 11.8 Å². The van der Waals surface area contributed by atoms with Crippen LogP contribution in [0, 0.1) is 17.0 Å². The van der Waals surface area contributed by atoms with E-state index >= 15 is 0 Å². The van der Waals surface area contributed by atoms with Gasteiger partial charge in [-0.25, -0.2) is 13.6 Å². The molecule has 0 atom stereocenters. The minimum atomic E-state index is -1.01. The lowest BCUT2D eigenvalue weighted by atomic mass is 10.1. The van der Waals surface area contributed by atoms with Crippen LogP contribution >= 0.6 is 23.4 Å². The average molecular weight is 350 g/mol. The highest BCUT2D eigenvalue weighted by molar-refractivity contribution is 8.14. The van der Waals surface area contributed by atoms with Crippen molar-refractivity contribution in [1.29, 1.82) is 5.41 Å². The minimum Gasteiger partial charge on any atom is -0.506 e. The molecule has 0 saturated heterocycles. The van der Waals surface area contributed by atoms with Gasteiger partial charge in [-0.05, 0) is 24.8 Å². The number of carbonyl (C=O) groups is 1. The summed E-state index contributed by atoms with van der Waals surface area (Å²) in [5, 5.41) is 17.2. The Morgan fingerprint density at radius 1 is 1.36 bits per heavy atom. The first-order chi connectivity index (χ1) is 10.3. The van der Waals surface area contributed by atoms with Gasteiger partial charge in [0, 0.05) is 0 Å². The summed E-state index contributed by atoms with van der Waals surface area (Å²) in [6.45, 7) is 3.30. The molecule has 0 aliphatic heterocycles. The van der Waals surface area contributed by atoms with E-state index in [1.165, 1.54) is 0 Å². The van der Waals surface area contributed by atoms with Crippen LogP contribution in [0.15, 0.2) is 17.7 Å². The van der Waals surface area contributed by atoms with Gasteiger partial charge in [0.1, 0.15) is 28.0 Å². The number of hydrogen-bond acceptors (Lipinski definition) is 5. The summed E-state index contributed by atoms with van der Waals surface area (Å²) in [4.78, 5) is 11.9. The highest BCUT2D eigenvalue weighted by atomic mass is 35.5. The van der Waals surface area contributed by atoms with Crippen molar-refractivity contribution < 1.29 is 23.4 Å². The summed E-state index contributed by atoms with van der Waals surface area (Å²) in [6.07, 6.45) is 0. The van der Waals surface area contributed by atoms with Crippen molar-refractivity contribution in [3.8, 4) is 0 Å². The van der Waals surface area contributed by atoms with Gasteiger partial charge < -0.3 is 9.84 Å². The van der Waals surface area contributed by atoms with E-state index in [2.05, 4.69) is 0 Å². The van der Waals surface area contributed by atoms with Crippen LogP contribution in [0.1, 0.15) is 19.4 Å². The summed E-state index contributed by atoms with van der Waals surface area (Å²) < 4.78 is 32.1. The predicted octanol–water partition coefficient (Wildman–Crippen LogP) is 4.18. The Kier molecular flexibility index (Phi) is 6.83. The molecule has 0 aliphatic carbocycles. The molecule has 0 bridgehead atoms. The highest BCUT2D eigenvalue weighted by Gasteiger charge is 2.25. The number of rotatable bonds is 5. The van der Waals surface area contributed by atoms with Gasteiger partial charge in [0.25, 0.3) is 0 Å². The van der Waals surface area contributed by atoms with Gasteiger partial charge in [-0.15, -0.1) is 11.8 Å². The van der Waals surface area contributed by atoms with Crippen LogP contribution < -0.4 is 0 Å². The zero-order chi connectivity index (χ0) is 16.9. The van der Waals surface area contributed by atoms with Crippen molar-refractivity contribution in [2.24, 2.45) is 0 Å².